The number of fused-ring (bicyclic) bond motifs is 2. The maximum atomic E-state index is 12.3. The molecule has 0 aliphatic carbocycles. The monoisotopic (exact) mass is 326 g/mol. The molecule has 0 bridgehead atoms. The van der Waals surface area contributed by atoms with Gasteiger partial charge in [0.05, 0.1) is 12.2 Å². The summed E-state index contributed by atoms with van der Waals surface area (Å²) >= 11 is 0. The van der Waals surface area contributed by atoms with Gasteiger partial charge in [0.15, 0.2) is 0 Å². The molecule has 2 fully saturated rings. The topological polar surface area (TPSA) is 45.3 Å². The Labute approximate surface area is 143 Å². The largest absolute Gasteiger partial charge is 0.462 e. The molecule has 1 aromatic carbocycles. The zero-order valence-electron chi connectivity index (χ0n) is 14.2. The number of aromatic nitrogens is 1. The number of nitrogens with zero attached hydrogens (tertiary/aromatic N) is 1. The number of rotatable bonds is 4. The Morgan fingerprint density at radius 2 is 2.12 bits per heavy atom. The first-order valence-electron chi connectivity index (χ1n) is 9.28. The summed E-state index contributed by atoms with van der Waals surface area (Å²) in [6, 6.07) is 8.63. The maximum Gasteiger partial charge on any atom is 0.340 e. The average molecular weight is 326 g/mol. The highest BCUT2D eigenvalue weighted by atomic mass is 16.5. The lowest BCUT2D eigenvalue weighted by Gasteiger charge is -2.42. The number of hydrogen-bond acceptors (Lipinski definition) is 3. The molecule has 24 heavy (non-hydrogen) atoms. The molecule has 2 saturated heterocycles. The van der Waals surface area contributed by atoms with Crippen LogP contribution in [-0.2, 0) is 4.74 Å². The Morgan fingerprint density at radius 3 is 3.08 bits per heavy atom. The lowest BCUT2D eigenvalue weighted by atomic mass is 9.84. The van der Waals surface area contributed by atoms with Crippen molar-refractivity contribution in [2.24, 2.45) is 5.92 Å². The number of para-hydroxylation sites is 1. The first-order valence-corrected chi connectivity index (χ1v) is 9.28. The van der Waals surface area contributed by atoms with Crippen LogP contribution in [0, 0.1) is 5.92 Å². The number of benzene rings is 1. The molecule has 0 amide bonds. The Morgan fingerprint density at radius 1 is 1.21 bits per heavy atom. The minimum Gasteiger partial charge on any atom is -0.462 e. The van der Waals surface area contributed by atoms with Gasteiger partial charge < -0.3 is 14.6 Å². The van der Waals surface area contributed by atoms with Crippen LogP contribution in [-0.4, -0.2) is 41.6 Å². The first kappa shape index (κ1) is 15.7. The summed E-state index contributed by atoms with van der Waals surface area (Å²) in [6.45, 7) is 3.05. The van der Waals surface area contributed by atoms with E-state index in [9.17, 15) is 4.79 Å². The van der Waals surface area contributed by atoms with E-state index in [2.05, 4.69) is 9.88 Å². The molecule has 4 nitrogen and oxygen atoms in total. The van der Waals surface area contributed by atoms with Gasteiger partial charge in [-0.15, -0.1) is 0 Å². The minimum atomic E-state index is -0.206. The lowest BCUT2D eigenvalue weighted by molar-refractivity contribution is 0.0404. The number of esters is 1. The van der Waals surface area contributed by atoms with Crippen LogP contribution < -0.4 is 0 Å². The molecule has 2 aliphatic heterocycles. The number of H-pyrrole nitrogens is 1. The Balaban J connectivity index is 1.29. The van der Waals surface area contributed by atoms with Gasteiger partial charge in [-0.25, -0.2) is 4.79 Å². The van der Waals surface area contributed by atoms with Crippen LogP contribution in [0.4, 0.5) is 0 Å². The van der Waals surface area contributed by atoms with Crippen LogP contribution in [0.5, 0.6) is 0 Å². The molecule has 128 valence electrons. The molecule has 1 N–H and O–H groups in total. The fraction of sp³-hybridized carbons (Fsp3) is 0.550. The molecular weight excluding hydrogens is 300 g/mol. The zero-order chi connectivity index (χ0) is 16.4. The van der Waals surface area contributed by atoms with Gasteiger partial charge in [0, 0.05) is 23.1 Å². The number of ether oxygens (including phenoxy) is 1. The fourth-order valence-corrected chi connectivity index (χ4v) is 4.37. The number of carbonyl (C=O) groups is 1. The van der Waals surface area contributed by atoms with Gasteiger partial charge in [-0.1, -0.05) is 24.6 Å². The van der Waals surface area contributed by atoms with Crippen molar-refractivity contribution in [1.29, 1.82) is 0 Å². The molecule has 2 atom stereocenters. The second kappa shape index (κ2) is 6.98. The average Bonchev–Trinajstić information content (AvgIpc) is 3.06. The normalized spacial score (nSPS) is 24.7. The minimum absolute atomic E-state index is 0.206. The summed E-state index contributed by atoms with van der Waals surface area (Å²) in [4.78, 5) is 18.1. The van der Waals surface area contributed by atoms with E-state index in [1.54, 1.807) is 6.20 Å². The van der Waals surface area contributed by atoms with Crippen molar-refractivity contribution in [2.45, 2.75) is 44.6 Å². The van der Waals surface area contributed by atoms with Crippen molar-refractivity contribution < 1.29 is 9.53 Å². The summed E-state index contributed by atoms with van der Waals surface area (Å²) in [5.74, 6) is 0.502. The summed E-state index contributed by atoms with van der Waals surface area (Å²) in [5.41, 5.74) is 1.63. The predicted molar refractivity (Wildman–Crippen MR) is 95.1 cm³/mol. The van der Waals surface area contributed by atoms with Gasteiger partial charge in [0.1, 0.15) is 0 Å². The molecule has 4 heteroatoms. The highest BCUT2D eigenvalue weighted by Crippen LogP contribution is 2.31. The summed E-state index contributed by atoms with van der Waals surface area (Å²) < 4.78 is 5.56. The number of carbonyl (C=O) groups excluding carboxylic acids is 1. The third-order valence-corrected chi connectivity index (χ3v) is 5.75. The molecule has 0 spiro atoms. The Hall–Kier alpha value is -1.81. The van der Waals surface area contributed by atoms with Gasteiger partial charge in [-0.05, 0) is 57.2 Å². The van der Waals surface area contributed by atoms with E-state index in [0.717, 1.165) is 23.4 Å². The van der Waals surface area contributed by atoms with Gasteiger partial charge in [-0.2, -0.15) is 0 Å². The number of piperidine rings is 2. The van der Waals surface area contributed by atoms with Crippen LogP contribution in [0.1, 0.15) is 48.9 Å². The van der Waals surface area contributed by atoms with Crippen molar-refractivity contribution in [1.82, 2.24) is 9.88 Å². The van der Waals surface area contributed by atoms with E-state index in [-0.39, 0.29) is 5.97 Å². The van der Waals surface area contributed by atoms with Gasteiger partial charge in [-0.3, -0.25) is 0 Å². The third kappa shape index (κ3) is 3.20. The second-order valence-corrected chi connectivity index (χ2v) is 7.25. The van der Waals surface area contributed by atoms with Gasteiger partial charge in [0.2, 0.25) is 0 Å². The number of aromatic amines is 1. The van der Waals surface area contributed by atoms with E-state index in [1.807, 2.05) is 24.3 Å². The van der Waals surface area contributed by atoms with Crippen molar-refractivity contribution in [2.75, 3.05) is 19.7 Å². The van der Waals surface area contributed by atoms with Gasteiger partial charge in [0.25, 0.3) is 0 Å². The van der Waals surface area contributed by atoms with E-state index >= 15 is 0 Å². The van der Waals surface area contributed by atoms with E-state index < -0.39 is 0 Å². The Bertz CT molecular complexity index is 708. The van der Waals surface area contributed by atoms with Crippen LogP contribution in [0.15, 0.2) is 30.5 Å². The van der Waals surface area contributed by atoms with E-state index in [1.165, 1.54) is 45.2 Å². The maximum absolute atomic E-state index is 12.3. The van der Waals surface area contributed by atoms with Crippen LogP contribution in [0.2, 0.25) is 0 Å². The molecule has 3 heterocycles. The highest BCUT2D eigenvalue weighted by molar-refractivity contribution is 6.03. The standard InChI is InChI=1S/C20H26N2O2/c23-20(18-14-21-19-7-2-1-6-17(18)19)24-12-9-15-8-11-22-10-4-3-5-16(22)13-15/h1-2,6-7,14-16,21H,3-5,8-13H2. The molecule has 2 unspecified atom stereocenters. The zero-order valence-corrected chi connectivity index (χ0v) is 14.2. The highest BCUT2D eigenvalue weighted by Gasteiger charge is 2.30. The SMILES string of the molecule is O=C(OCCC1CCN2CCCCC2C1)c1c[nH]c2ccccc12. The van der Waals surface area contributed by atoms with Crippen molar-refractivity contribution >= 4 is 16.9 Å². The molecule has 2 aromatic rings. The van der Waals surface area contributed by atoms with E-state index in [0.29, 0.717) is 18.1 Å². The van der Waals surface area contributed by atoms with E-state index in [4.69, 9.17) is 4.74 Å². The molecular formula is C20H26N2O2. The van der Waals surface area contributed by atoms with Crippen molar-refractivity contribution in [3.8, 4) is 0 Å². The second-order valence-electron chi connectivity index (χ2n) is 7.25. The Kier molecular flexibility index (Phi) is 4.56. The molecule has 1 aromatic heterocycles. The first-order chi connectivity index (χ1) is 11.8. The summed E-state index contributed by atoms with van der Waals surface area (Å²) in [6.07, 6.45) is 9.39. The molecule has 4 rings (SSSR count). The predicted octanol–water partition coefficient (Wildman–Crippen LogP) is 3.98. The number of hydrogen-bond donors (Lipinski definition) is 1. The van der Waals surface area contributed by atoms with Gasteiger partial charge >= 0.3 is 5.97 Å². The smallest absolute Gasteiger partial charge is 0.340 e. The van der Waals surface area contributed by atoms with Crippen molar-refractivity contribution in [3.63, 3.8) is 0 Å². The fourth-order valence-electron chi connectivity index (χ4n) is 4.37. The molecule has 0 radical (unpaired) electrons. The number of nitrogens with one attached hydrogen (secondary N) is 1. The third-order valence-electron chi connectivity index (χ3n) is 5.75. The van der Waals surface area contributed by atoms with Crippen LogP contribution in [0.3, 0.4) is 0 Å². The quantitative estimate of drug-likeness (QED) is 0.865. The molecule has 2 aliphatic rings. The summed E-state index contributed by atoms with van der Waals surface area (Å²) in [5, 5.41) is 0.943. The van der Waals surface area contributed by atoms with Crippen LogP contribution in [0.25, 0.3) is 10.9 Å². The lowest BCUT2D eigenvalue weighted by Crippen LogP contribution is -2.45. The van der Waals surface area contributed by atoms with Crippen LogP contribution >= 0.6 is 0 Å². The van der Waals surface area contributed by atoms with Crippen molar-refractivity contribution in [3.05, 3.63) is 36.0 Å². The molecule has 0 saturated carbocycles. The summed E-state index contributed by atoms with van der Waals surface area (Å²) in [7, 11) is 0.